The van der Waals surface area contributed by atoms with Gasteiger partial charge in [-0.3, -0.25) is 4.79 Å². The van der Waals surface area contributed by atoms with Crippen molar-refractivity contribution in [1.82, 2.24) is 4.90 Å². The van der Waals surface area contributed by atoms with Gasteiger partial charge in [-0.25, -0.2) is 0 Å². The van der Waals surface area contributed by atoms with Crippen LogP contribution in [0.3, 0.4) is 0 Å². The normalized spacial score (nSPS) is 21.5. The van der Waals surface area contributed by atoms with Gasteiger partial charge in [0.25, 0.3) is 5.91 Å². The summed E-state index contributed by atoms with van der Waals surface area (Å²) in [5.74, 6) is 3.92. The van der Waals surface area contributed by atoms with E-state index < -0.39 is 29.9 Å². The van der Waals surface area contributed by atoms with Crippen molar-refractivity contribution in [1.29, 1.82) is 0 Å². The number of hydrogen-bond acceptors (Lipinski definition) is 3. The molecule has 0 aromatic heterocycles. The number of carbonyl (C=O) groups excluding carboxylic acids is 1. The van der Waals surface area contributed by atoms with Gasteiger partial charge in [-0.15, -0.1) is 0 Å². The highest BCUT2D eigenvalue weighted by atomic mass is 79.9. The predicted molar refractivity (Wildman–Crippen MR) is 74.6 cm³/mol. The SMILES string of the molecule is O=C(C#Cc1ccc(Br)c(C(F)(F)F)c1)N1C[C@@H](O)[C@@H](O)C1. The topological polar surface area (TPSA) is 60.8 Å². The molecule has 0 saturated carbocycles. The molecule has 2 rings (SSSR count). The van der Waals surface area contributed by atoms with Crippen LogP contribution >= 0.6 is 15.9 Å². The van der Waals surface area contributed by atoms with Crippen molar-refractivity contribution < 1.29 is 28.2 Å². The molecular formula is C14H11BrF3NO3. The number of alkyl halides is 3. The molecule has 0 unspecified atom stereocenters. The first-order valence-electron chi connectivity index (χ1n) is 6.22. The van der Waals surface area contributed by atoms with Gasteiger partial charge in [-0.2, -0.15) is 13.2 Å². The smallest absolute Gasteiger partial charge is 0.388 e. The molecule has 1 amide bonds. The van der Waals surface area contributed by atoms with Crippen molar-refractivity contribution in [2.45, 2.75) is 18.4 Å². The van der Waals surface area contributed by atoms with E-state index in [1.165, 1.54) is 12.1 Å². The lowest BCUT2D eigenvalue weighted by atomic mass is 10.1. The van der Waals surface area contributed by atoms with Crippen LogP contribution in [0.1, 0.15) is 11.1 Å². The largest absolute Gasteiger partial charge is 0.417 e. The molecule has 1 aliphatic heterocycles. The van der Waals surface area contributed by atoms with Gasteiger partial charge in [-0.1, -0.05) is 21.9 Å². The molecule has 1 aliphatic rings. The van der Waals surface area contributed by atoms with E-state index in [1.807, 2.05) is 0 Å². The average molecular weight is 378 g/mol. The lowest BCUT2D eigenvalue weighted by Crippen LogP contribution is -2.28. The maximum Gasteiger partial charge on any atom is 0.417 e. The Morgan fingerprint density at radius 2 is 1.86 bits per heavy atom. The van der Waals surface area contributed by atoms with Crippen molar-refractivity contribution in [2.24, 2.45) is 0 Å². The van der Waals surface area contributed by atoms with Crippen LogP contribution in [0.2, 0.25) is 0 Å². The zero-order valence-electron chi connectivity index (χ0n) is 11.1. The van der Waals surface area contributed by atoms with Crippen molar-refractivity contribution in [3.63, 3.8) is 0 Å². The van der Waals surface area contributed by atoms with Crippen LogP contribution < -0.4 is 0 Å². The summed E-state index contributed by atoms with van der Waals surface area (Å²) in [5.41, 5.74) is -0.831. The minimum absolute atomic E-state index is 0.0455. The van der Waals surface area contributed by atoms with Crippen LogP contribution in [0.25, 0.3) is 0 Å². The summed E-state index contributed by atoms with van der Waals surface area (Å²) in [5, 5.41) is 18.7. The maximum absolute atomic E-state index is 12.8. The minimum atomic E-state index is -4.52. The second kappa shape index (κ2) is 6.28. The molecule has 0 radical (unpaired) electrons. The lowest BCUT2D eigenvalue weighted by Gasteiger charge is -2.10. The molecule has 4 nitrogen and oxygen atoms in total. The fourth-order valence-corrected chi connectivity index (χ4v) is 2.43. The highest BCUT2D eigenvalue weighted by Crippen LogP contribution is 2.35. The minimum Gasteiger partial charge on any atom is -0.388 e. The van der Waals surface area contributed by atoms with E-state index in [4.69, 9.17) is 0 Å². The summed E-state index contributed by atoms with van der Waals surface area (Å²) >= 11 is 2.81. The Morgan fingerprint density at radius 1 is 1.27 bits per heavy atom. The molecule has 22 heavy (non-hydrogen) atoms. The van der Waals surface area contributed by atoms with E-state index in [0.717, 1.165) is 11.0 Å². The number of hydrogen-bond donors (Lipinski definition) is 2. The van der Waals surface area contributed by atoms with Gasteiger partial charge in [0.2, 0.25) is 0 Å². The fourth-order valence-electron chi connectivity index (χ4n) is 1.96. The number of halogens is 4. The number of nitrogens with zero attached hydrogens (tertiary/aromatic N) is 1. The fraction of sp³-hybridized carbons (Fsp3) is 0.357. The first-order chi connectivity index (χ1) is 10.2. The molecule has 2 N–H and O–H groups in total. The van der Waals surface area contributed by atoms with Gasteiger partial charge < -0.3 is 15.1 Å². The Morgan fingerprint density at radius 3 is 2.41 bits per heavy atom. The van der Waals surface area contributed by atoms with Crippen LogP contribution in [0.4, 0.5) is 13.2 Å². The van der Waals surface area contributed by atoms with Crippen LogP contribution in [-0.4, -0.2) is 46.3 Å². The van der Waals surface area contributed by atoms with Gasteiger partial charge in [0.1, 0.15) is 0 Å². The van der Waals surface area contributed by atoms with Crippen LogP contribution in [-0.2, 0) is 11.0 Å². The number of rotatable bonds is 0. The predicted octanol–water partition coefficient (Wildman–Crippen LogP) is 1.38. The summed E-state index contributed by atoms with van der Waals surface area (Å²) < 4.78 is 38.1. The number of aliphatic hydroxyl groups is 2. The van der Waals surface area contributed by atoms with Gasteiger partial charge >= 0.3 is 6.18 Å². The Bertz CT molecular complexity index is 641. The molecule has 0 aliphatic carbocycles. The summed E-state index contributed by atoms with van der Waals surface area (Å²) in [4.78, 5) is 12.9. The Hall–Kier alpha value is -1.56. The number of amides is 1. The second-order valence-corrected chi connectivity index (χ2v) is 5.64. The average Bonchev–Trinajstić information content (AvgIpc) is 2.76. The Labute approximate surface area is 132 Å². The molecule has 1 aromatic carbocycles. The number of β-amino-alcohol motifs (C(OH)–C–C–N with tert-alkyl or cyclic N) is 2. The third-order valence-electron chi connectivity index (χ3n) is 3.13. The first kappa shape index (κ1) is 16.8. The van der Waals surface area contributed by atoms with Crippen molar-refractivity contribution in [3.8, 4) is 11.8 Å². The zero-order valence-corrected chi connectivity index (χ0v) is 12.6. The highest BCUT2D eigenvalue weighted by molar-refractivity contribution is 9.10. The quantitative estimate of drug-likeness (QED) is 0.671. The lowest BCUT2D eigenvalue weighted by molar-refractivity contribution is -0.138. The Balaban J connectivity index is 2.17. The second-order valence-electron chi connectivity index (χ2n) is 4.79. The molecule has 1 aromatic rings. The standard InChI is InChI=1S/C14H11BrF3NO3/c15-10-3-1-8(5-9(10)14(16,17)18)2-4-13(22)19-6-11(20)12(21)7-19/h1,3,5,11-12,20-21H,6-7H2/t11-,12+. The first-order valence-corrected chi connectivity index (χ1v) is 7.01. The maximum atomic E-state index is 12.8. The molecule has 0 bridgehead atoms. The van der Waals surface area contributed by atoms with Gasteiger partial charge in [-0.05, 0) is 18.2 Å². The molecule has 1 heterocycles. The number of carbonyl (C=O) groups is 1. The summed E-state index contributed by atoms with van der Waals surface area (Å²) in [6.07, 6.45) is -6.59. The van der Waals surface area contributed by atoms with Crippen molar-refractivity contribution in [2.75, 3.05) is 13.1 Å². The van der Waals surface area contributed by atoms with E-state index in [2.05, 4.69) is 27.8 Å². The van der Waals surface area contributed by atoms with Gasteiger partial charge in [0, 0.05) is 16.0 Å². The zero-order chi connectivity index (χ0) is 16.5. The monoisotopic (exact) mass is 377 g/mol. The van der Waals surface area contributed by atoms with E-state index in [0.29, 0.717) is 0 Å². The summed E-state index contributed by atoms with van der Waals surface area (Å²) in [7, 11) is 0. The van der Waals surface area contributed by atoms with E-state index >= 15 is 0 Å². The summed E-state index contributed by atoms with van der Waals surface area (Å²) in [6, 6.07) is 3.41. The summed E-state index contributed by atoms with van der Waals surface area (Å²) in [6.45, 7) is -0.106. The number of benzene rings is 1. The molecule has 1 fully saturated rings. The molecule has 2 atom stereocenters. The van der Waals surface area contributed by atoms with E-state index in [-0.39, 0.29) is 23.1 Å². The highest BCUT2D eigenvalue weighted by Gasteiger charge is 2.33. The van der Waals surface area contributed by atoms with Crippen molar-refractivity contribution in [3.05, 3.63) is 33.8 Å². The van der Waals surface area contributed by atoms with Crippen LogP contribution in [0.5, 0.6) is 0 Å². The molecule has 0 spiro atoms. The molecule has 118 valence electrons. The molecule has 8 heteroatoms. The van der Waals surface area contributed by atoms with Gasteiger partial charge in [0.15, 0.2) is 0 Å². The number of aliphatic hydroxyl groups excluding tert-OH is 2. The number of likely N-dealkylation sites (tertiary alicyclic amines) is 1. The third kappa shape index (κ3) is 3.80. The van der Waals surface area contributed by atoms with Crippen molar-refractivity contribution >= 4 is 21.8 Å². The molecule has 1 saturated heterocycles. The van der Waals surface area contributed by atoms with E-state index in [1.54, 1.807) is 0 Å². The van der Waals surface area contributed by atoms with E-state index in [9.17, 15) is 28.2 Å². The van der Waals surface area contributed by atoms with Gasteiger partial charge in [0.05, 0.1) is 30.9 Å². The molecular weight excluding hydrogens is 367 g/mol. The van der Waals surface area contributed by atoms with Crippen LogP contribution in [0, 0.1) is 11.8 Å². The van der Waals surface area contributed by atoms with Crippen LogP contribution in [0.15, 0.2) is 22.7 Å². The third-order valence-corrected chi connectivity index (χ3v) is 3.82. The Kier molecular flexibility index (Phi) is 4.80.